The van der Waals surface area contributed by atoms with E-state index in [1.54, 1.807) is 13.0 Å². The Labute approximate surface area is 88.4 Å². The molecular formula is C10H14ClNO2. The van der Waals surface area contributed by atoms with E-state index >= 15 is 0 Å². The number of hydrogen-bond acceptors (Lipinski definition) is 3. The summed E-state index contributed by atoms with van der Waals surface area (Å²) in [5.74, 6) is 0.428. The molecule has 0 bridgehead atoms. The lowest BCUT2D eigenvalue weighted by Gasteiger charge is -2.16. The molecule has 0 spiro atoms. The van der Waals surface area contributed by atoms with Crippen molar-refractivity contribution in [1.29, 1.82) is 0 Å². The largest absolute Gasteiger partial charge is 0.504 e. The molecule has 0 amide bonds. The zero-order chi connectivity index (χ0) is 10.9. The molecule has 3 N–H and O–H groups in total. The van der Waals surface area contributed by atoms with Gasteiger partial charge in [-0.3, -0.25) is 0 Å². The second kappa shape index (κ2) is 4.07. The van der Waals surface area contributed by atoms with Gasteiger partial charge in [0.05, 0.1) is 7.11 Å². The van der Waals surface area contributed by atoms with E-state index in [-0.39, 0.29) is 11.8 Å². The highest BCUT2D eigenvalue weighted by Gasteiger charge is 2.17. The third-order valence-electron chi connectivity index (χ3n) is 2.18. The molecule has 0 aromatic heterocycles. The van der Waals surface area contributed by atoms with Gasteiger partial charge in [0.2, 0.25) is 0 Å². The monoisotopic (exact) mass is 215 g/mol. The van der Waals surface area contributed by atoms with Crippen LogP contribution in [-0.2, 0) is 0 Å². The third-order valence-corrected chi connectivity index (χ3v) is 2.58. The first kappa shape index (κ1) is 11.1. The Morgan fingerprint density at radius 2 is 2.14 bits per heavy atom. The SMILES string of the molecule is COc1cc(Cl)c(C)c(C(C)N)c1O. The van der Waals surface area contributed by atoms with Gasteiger partial charge in [-0.25, -0.2) is 0 Å². The van der Waals surface area contributed by atoms with Gasteiger partial charge >= 0.3 is 0 Å². The average molecular weight is 216 g/mol. The summed E-state index contributed by atoms with van der Waals surface area (Å²) < 4.78 is 4.98. The lowest BCUT2D eigenvalue weighted by molar-refractivity contribution is 0.369. The van der Waals surface area contributed by atoms with Crippen LogP contribution in [0, 0.1) is 6.92 Å². The molecule has 0 saturated carbocycles. The van der Waals surface area contributed by atoms with Crippen LogP contribution in [0.5, 0.6) is 11.5 Å². The maximum Gasteiger partial charge on any atom is 0.162 e. The molecule has 1 unspecified atom stereocenters. The minimum atomic E-state index is -0.275. The first-order valence-electron chi connectivity index (χ1n) is 4.30. The minimum absolute atomic E-state index is 0.0735. The summed E-state index contributed by atoms with van der Waals surface area (Å²) in [6.45, 7) is 3.61. The van der Waals surface area contributed by atoms with Gasteiger partial charge in [0, 0.05) is 22.7 Å². The zero-order valence-corrected chi connectivity index (χ0v) is 9.22. The number of benzene rings is 1. The van der Waals surface area contributed by atoms with E-state index in [9.17, 15) is 5.11 Å². The van der Waals surface area contributed by atoms with Crippen molar-refractivity contribution in [3.63, 3.8) is 0 Å². The summed E-state index contributed by atoms with van der Waals surface area (Å²) in [7, 11) is 1.48. The third kappa shape index (κ3) is 1.79. The number of methoxy groups -OCH3 is 1. The average Bonchev–Trinajstić information content (AvgIpc) is 2.11. The highest BCUT2D eigenvalue weighted by Crippen LogP contribution is 2.39. The van der Waals surface area contributed by atoms with Gasteiger partial charge in [0.15, 0.2) is 11.5 Å². The quantitative estimate of drug-likeness (QED) is 0.797. The molecule has 3 nitrogen and oxygen atoms in total. The van der Waals surface area contributed by atoms with Crippen LogP contribution in [0.3, 0.4) is 0 Å². The standard InChI is InChI=1S/C10H14ClNO2/c1-5-7(11)4-8(14-3)10(13)9(5)6(2)12/h4,6,13H,12H2,1-3H3. The van der Waals surface area contributed by atoms with Crippen molar-refractivity contribution < 1.29 is 9.84 Å². The fraction of sp³-hybridized carbons (Fsp3) is 0.400. The Kier molecular flexibility index (Phi) is 3.24. The Hall–Kier alpha value is -0.930. The Morgan fingerprint density at radius 3 is 2.57 bits per heavy atom. The molecule has 0 fully saturated rings. The lowest BCUT2D eigenvalue weighted by Crippen LogP contribution is -2.08. The lowest BCUT2D eigenvalue weighted by atomic mass is 10.0. The van der Waals surface area contributed by atoms with E-state index in [0.29, 0.717) is 16.3 Å². The van der Waals surface area contributed by atoms with E-state index in [0.717, 1.165) is 5.56 Å². The summed E-state index contributed by atoms with van der Waals surface area (Å²) in [5, 5.41) is 10.3. The molecular weight excluding hydrogens is 202 g/mol. The van der Waals surface area contributed by atoms with E-state index in [2.05, 4.69) is 0 Å². The first-order valence-corrected chi connectivity index (χ1v) is 4.68. The van der Waals surface area contributed by atoms with Crippen LogP contribution in [0.1, 0.15) is 24.1 Å². The maximum absolute atomic E-state index is 9.80. The molecule has 0 heterocycles. The molecule has 1 aromatic rings. The van der Waals surface area contributed by atoms with Gasteiger partial charge in [0.25, 0.3) is 0 Å². The van der Waals surface area contributed by atoms with Gasteiger partial charge in [0.1, 0.15) is 0 Å². The summed E-state index contributed by atoms with van der Waals surface area (Å²) in [6, 6.07) is 1.31. The number of phenols is 1. The predicted molar refractivity (Wildman–Crippen MR) is 57.0 cm³/mol. The second-order valence-corrected chi connectivity index (χ2v) is 3.64. The Balaban J connectivity index is 3.45. The minimum Gasteiger partial charge on any atom is -0.504 e. The number of halogens is 1. The van der Waals surface area contributed by atoms with Crippen molar-refractivity contribution in [1.82, 2.24) is 0 Å². The van der Waals surface area contributed by atoms with Gasteiger partial charge in [-0.1, -0.05) is 11.6 Å². The maximum atomic E-state index is 9.80. The molecule has 0 aliphatic carbocycles. The normalized spacial score (nSPS) is 12.6. The molecule has 78 valence electrons. The molecule has 1 aromatic carbocycles. The Bertz CT molecular complexity index is 350. The summed E-state index contributed by atoms with van der Waals surface area (Å²) >= 11 is 5.97. The van der Waals surface area contributed by atoms with Crippen LogP contribution in [-0.4, -0.2) is 12.2 Å². The topological polar surface area (TPSA) is 55.5 Å². The molecule has 0 aliphatic rings. The zero-order valence-electron chi connectivity index (χ0n) is 8.47. The highest BCUT2D eigenvalue weighted by atomic mass is 35.5. The Morgan fingerprint density at radius 1 is 1.57 bits per heavy atom. The van der Waals surface area contributed by atoms with Crippen LogP contribution in [0.15, 0.2) is 6.07 Å². The van der Waals surface area contributed by atoms with Crippen molar-refractivity contribution in [2.75, 3.05) is 7.11 Å². The van der Waals surface area contributed by atoms with Crippen LogP contribution in [0.4, 0.5) is 0 Å². The van der Waals surface area contributed by atoms with Crippen LogP contribution in [0.2, 0.25) is 5.02 Å². The molecule has 0 radical (unpaired) electrons. The number of nitrogens with two attached hydrogens (primary N) is 1. The number of phenolic OH excluding ortho intramolecular Hbond substituents is 1. The highest BCUT2D eigenvalue weighted by molar-refractivity contribution is 6.31. The summed E-state index contributed by atoms with van der Waals surface area (Å²) in [4.78, 5) is 0. The van der Waals surface area contributed by atoms with Crippen molar-refractivity contribution in [3.05, 3.63) is 22.2 Å². The fourth-order valence-corrected chi connectivity index (χ4v) is 1.64. The van der Waals surface area contributed by atoms with Gasteiger partial charge in [-0.05, 0) is 19.4 Å². The van der Waals surface area contributed by atoms with Gasteiger partial charge < -0.3 is 15.6 Å². The van der Waals surface area contributed by atoms with Crippen molar-refractivity contribution in [2.45, 2.75) is 19.9 Å². The van der Waals surface area contributed by atoms with Crippen molar-refractivity contribution >= 4 is 11.6 Å². The molecule has 0 saturated heterocycles. The molecule has 14 heavy (non-hydrogen) atoms. The van der Waals surface area contributed by atoms with Gasteiger partial charge in [-0.15, -0.1) is 0 Å². The molecule has 1 rings (SSSR count). The molecule has 1 atom stereocenters. The number of rotatable bonds is 2. The number of ether oxygens (including phenoxy) is 1. The number of aromatic hydroxyl groups is 1. The van der Waals surface area contributed by atoms with E-state index < -0.39 is 0 Å². The second-order valence-electron chi connectivity index (χ2n) is 3.24. The first-order chi connectivity index (χ1) is 6.49. The molecule has 4 heteroatoms. The summed E-state index contributed by atoms with van der Waals surface area (Å²) in [5.41, 5.74) is 7.16. The van der Waals surface area contributed by atoms with E-state index in [1.165, 1.54) is 7.11 Å². The van der Waals surface area contributed by atoms with Crippen LogP contribution < -0.4 is 10.5 Å². The van der Waals surface area contributed by atoms with E-state index in [1.807, 2.05) is 6.92 Å². The summed E-state index contributed by atoms with van der Waals surface area (Å²) in [6.07, 6.45) is 0. The fourth-order valence-electron chi connectivity index (χ4n) is 1.44. The van der Waals surface area contributed by atoms with Crippen molar-refractivity contribution in [2.24, 2.45) is 5.73 Å². The molecule has 0 aliphatic heterocycles. The predicted octanol–water partition coefficient (Wildman–Crippen LogP) is 2.38. The number of hydrogen-bond donors (Lipinski definition) is 2. The van der Waals surface area contributed by atoms with Crippen LogP contribution >= 0.6 is 11.6 Å². The smallest absolute Gasteiger partial charge is 0.162 e. The van der Waals surface area contributed by atoms with Crippen LogP contribution in [0.25, 0.3) is 0 Å². The van der Waals surface area contributed by atoms with Gasteiger partial charge in [-0.2, -0.15) is 0 Å². The van der Waals surface area contributed by atoms with E-state index in [4.69, 9.17) is 22.1 Å². The van der Waals surface area contributed by atoms with Crippen molar-refractivity contribution in [3.8, 4) is 11.5 Å².